The average molecular weight is 501 g/mol. The van der Waals surface area contributed by atoms with Crippen molar-refractivity contribution in [2.75, 3.05) is 32.8 Å². The molecule has 1 saturated heterocycles. The number of fused-ring (bicyclic) bond motifs is 1. The number of benzene rings is 2. The quantitative estimate of drug-likeness (QED) is 0.531. The topological polar surface area (TPSA) is 107 Å². The number of carbonyl (C=O) groups excluding carboxylic acids is 1. The Morgan fingerprint density at radius 2 is 1.63 bits per heavy atom. The number of amides is 1. The number of nitrogens with zero attached hydrogens (tertiary/aromatic N) is 2. The van der Waals surface area contributed by atoms with Gasteiger partial charge in [0.05, 0.1) is 0 Å². The first-order valence-corrected chi connectivity index (χ1v) is 11.8. The molecule has 1 amide bonds. The number of piperidine rings is 1. The van der Waals surface area contributed by atoms with Gasteiger partial charge in [0.15, 0.2) is 0 Å². The number of carboxylic acid groups (broad SMARTS) is 2. The molecule has 0 bridgehead atoms. The molecule has 9 heteroatoms. The van der Waals surface area contributed by atoms with Crippen molar-refractivity contribution in [2.24, 2.45) is 5.92 Å². The molecule has 0 spiro atoms. The van der Waals surface area contributed by atoms with Gasteiger partial charge in [-0.05, 0) is 67.7 Å². The molecule has 0 saturated carbocycles. The second kappa shape index (κ2) is 12.9. The lowest BCUT2D eigenvalue weighted by Gasteiger charge is -2.33. The van der Waals surface area contributed by atoms with E-state index in [4.69, 9.17) is 26.6 Å². The zero-order chi connectivity index (χ0) is 25.2. The maximum atomic E-state index is 12.5. The Labute approximate surface area is 209 Å². The minimum atomic E-state index is -1.26. The lowest BCUT2D eigenvalue weighted by Crippen LogP contribution is -2.40. The van der Waals surface area contributed by atoms with Crippen LogP contribution in [0.3, 0.4) is 0 Å². The minimum Gasteiger partial charge on any atom is -0.492 e. The van der Waals surface area contributed by atoms with Gasteiger partial charge in [-0.1, -0.05) is 29.8 Å². The Hall–Kier alpha value is -3.36. The van der Waals surface area contributed by atoms with Crippen molar-refractivity contribution in [1.82, 2.24) is 9.80 Å². The van der Waals surface area contributed by atoms with E-state index in [0.717, 1.165) is 61.9 Å². The zero-order valence-electron chi connectivity index (χ0n) is 19.3. The van der Waals surface area contributed by atoms with Crippen molar-refractivity contribution >= 4 is 29.4 Å². The molecular weight excluding hydrogens is 472 g/mol. The Bertz CT molecular complexity index is 1030. The van der Waals surface area contributed by atoms with Crippen molar-refractivity contribution in [2.45, 2.75) is 19.4 Å². The molecule has 2 aromatic rings. The summed E-state index contributed by atoms with van der Waals surface area (Å²) in [4.78, 5) is 36.1. The Kier molecular flexibility index (Phi) is 9.69. The van der Waals surface area contributed by atoms with Crippen LogP contribution in [0.4, 0.5) is 0 Å². The van der Waals surface area contributed by atoms with E-state index in [-0.39, 0.29) is 5.91 Å². The van der Waals surface area contributed by atoms with Crippen LogP contribution in [0.25, 0.3) is 0 Å². The van der Waals surface area contributed by atoms with Crippen LogP contribution in [0, 0.1) is 5.92 Å². The Morgan fingerprint density at radius 3 is 2.23 bits per heavy atom. The lowest BCUT2D eigenvalue weighted by molar-refractivity contribution is -0.134. The highest BCUT2D eigenvalue weighted by molar-refractivity contribution is 6.30. The Balaban J connectivity index is 0.000000371. The highest BCUT2D eigenvalue weighted by atomic mass is 35.5. The number of carbonyl (C=O) groups is 3. The molecule has 0 unspecified atom stereocenters. The first-order chi connectivity index (χ1) is 16.8. The summed E-state index contributed by atoms with van der Waals surface area (Å²) in [6, 6.07) is 15.5. The van der Waals surface area contributed by atoms with Gasteiger partial charge in [-0.25, -0.2) is 9.59 Å². The summed E-state index contributed by atoms with van der Waals surface area (Å²) in [5, 5.41) is 16.4. The molecule has 2 aliphatic heterocycles. The summed E-state index contributed by atoms with van der Waals surface area (Å²) < 4.78 is 5.79. The van der Waals surface area contributed by atoms with Crippen molar-refractivity contribution < 1.29 is 29.3 Å². The van der Waals surface area contributed by atoms with Crippen LogP contribution in [0.1, 0.15) is 28.8 Å². The van der Waals surface area contributed by atoms with Gasteiger partial charge in [-0.15, -0.1) is 0 Å². The van der Waals surface area contributed by atoms with Crippen molar-refractivity contribution in [3.63, 3.8) is 0 Å². The number of halogens is 1. The van der Waals surface area contributed by atoms with Crippen LogP contribution in [-0.2, 0) is 16.1 Å². The van der Waals surface area contributed by atoms with E-state index >= 15 is 0 Å². The molecular formula is C26H29ClN2O6. The molecule has 2 heterocycles. The standard InChI is InChI=1S/C22H25ClN2O2.C4H4O4/c23-19-5-7-20(8-6-19)27-14-13-24-11-9-17(10-12-24)15-25-16-18-3-1-2-4-21(18)22(25)26;5-3(6)1-2-4(7)8/h1-8,17H,9-16H2;1-2H,(H,5,6)(H,7,8). The summed E-state index contributed by atoms with van der Waals surface area (Å²) in [5.74, 6) is -0.859. The van der Waals surface area contributed by atoms with E-state index < -0.39 is 11.9 Å². The van der Waals surface area contributed by atoms with E-state index in [9.17, 15) is 14.4 Å². The summed E-state index contributed by atoms with van der Waals surface area (Å²) in [5.41, 5.74) is 2.05. The molecule has 2 N–H and O–H groups in total. The van der Waals surface area contributed by atoms with Crippen LogP contribution in [0.5, 0.6) is 5.75 Å². The second-order valence-corrected chi connectivity index (χ2v) is 8.88. The summed E-state index contributed by atoms with van der Waals surface area (Å²) in [6.07, 6.45) is 3.40. The number of hydrogen-bond acceptors (Lipinski definition) is 5. The number of likely N-dealkylation sites (tertiary alicyclic amines) is 1. The van der Waals surface area contributed by atoms with Crippen molar-refractivity contribution in [3.05, 3.63) is 76.8 Å². The average Bonchev–Trinajstić information content (AvgIpc) is 3.16. The SMILES string of the molecule is O=C(O)C=CC(=O)O.O=C1c2ccccc2CN1CC1CCN(CCOc2ccc(Cl)cc2)CC1. The molecule has 186 valence electrons. The zero-order valence-corrected chi connectivity index (χ0v) is 20.1. The molecule has 35 heavy (non-hydrogen) atoms. The van der Waals surface area contributed by atoms with E-state index in [2.05, 4.69) is 11.0 Å². The van der Waals surface area contributed by atoms with Gasteiger partial charge in [0.1, 0.15) is 12.4 Å². The maximum absolute atomic E-state index is 12.5. The van der Waals surface area contributed by atoms with Gasteiger partial charge in [0.25, 0.3) is 5.91 Å². The van der Waals surface area contributed by atoms with E-state index in [1.54, 1.807) is 0 Å². The van der Waals surface area contributed by atoms with Crippen LogP contribution < -0.4 is 4.74 Å². The van der Waals surface area contributed by atoms with Gasteiger partial charge in [0, 0.05) is 42.4 Å². The van der Waals surface area contributed by atoms with E-state index in [1.807, 2.05) is 47.4 Å². The molecule has 0 aromatic heterocycles. The Morgan fingerprint density at radius 1 is 1.00 bits per heavy atom. The number of aliphatic carboxylic acids is 2. The maximum Gasteiger partial charge on any atom is 0.328 e. The molecule has 1 fully saturated rings. The summed E-state index contributed by atoms with van der Waals surface area (Å²) in [6.45, 7) is 5.41. The normalized spacial score (nSPS) is 16.0. The highest BCUT2D eigenvalue weighted by Crippen LogP contribution is 2.26. The van der Waals surface area contributed by atoms with E-state index in [1.165, 1.54) is 5.56 Å². The van der Waals surface area contributed by atoms with Gasteiger partial charge in [-0.3, -0.25) is 9.69 Å². The number of carboxylic acids is 2. The van der Waals surface area contributed by atoms with Crippen molar-refractivity contribution in [1.29, 1.82) is 0 Å². The molecule has 2 aliphatic rings. The first-order valence-electron chi connectivity index (χ1n) is 11.4. The van der Waals surface area contributed by atoms with E-state index in [0.29, 0.717) is 24.7 Å². The number of hydrogen-bond donors (Lipinski definition) is 2. The third-order valence-corrected chi connectivity index (χ3v) is 6.19. The minimum absolute atomic E-state index is 0.199. The molecule has 0 atom stereocenters. The van der Waals surface area contributed by atoms with Gasteiger partial charge in [-0.2, -0.15) is 0 Å². The fourth-order valence-corrected chi connectivity index (χ4v) is 4.26. The number of ether oxygens (including phenoxy) is 1. The van der Waals surface area contributed by atoms with Gasteiger partial charge >= 0.3 is 11.9 Å². The molecule has 0 aliphatic carbocycles. The van der Waals surface area contributed by atoms with Gasteiger partial charge < -0.3 is 19.8 Å². The number of rotatable bonds is 8. The van der Waals surface area contributed by atoms with Crippen LogP contribution in [0.15, 0.2) is 60.7 Å². The molecule has 2 aromatic carbocycles. The fraction of sp³-hybridized carbons (Fsp3) is 0.346. The largest absolute Gasteiger partial charge is 0.492 e. The first kappa shape index (κ1) is 26.2. The third kappa shape index (κ3) is 8.42. The summed E-state index contributed by atoms with van der Waals surface area (Å²) in [7, 11) is 0. The molecule has 4 rings (SSSR count). The highest BCUT2D eigenvalue weighted by Gasteiger charge is 2.30. The predicted molar refractivity (Wildman–Crippen MR) is 132 cm³/mol. The summed E-state index contributed by atoms with van der Waals surface area (Å²) >= 11 is 5.89. The van der Waals surface area contributed by atoms with Crippen LogP contribution >= 0.6 is 11.6 Å². The molecule has 0 radical (unpaired) electrons. The van der Waals surface area contributed by atoms with Gasteiger partial charge in [0.2, 0.25) is 0 Å². The predicted octanol–water partition coefficient (Wildman–Crippen LogP) is 3.80. The molecule has 8 nitrogen and oxygen atoms in total. The lowest BCUT2D eigenvalue weighted by atomic mass is 9.96. The smallest absolute Gasteiger partial charge is 0.328 e. The van der Waals surface area contributed by atoms with Crippen molar-refractivity contribution in [3.8, 4) is 5.75 Å². The van der Waals surface area contributed by atoms with Crippen LogP contribution in [-0.4, -0.2) is 70.6 Å². The second-order valence-electron chi connectivity index (χ2n) is 8.44. The third-order valence-electron chi connectivity index (χ3n) is 5.94. The monoisotopic (exact) mass is 500 g/mol. The van der Waals surface area contributed by atoms with Crippen LogP contribution in [0.2, 0.25) is 5.02 Å². The fourth-order valence-electron chi connectivity index (χ4n) is 4.13.